The fourth-order valence-corrected chi connectivity index (χ4v) is 2.85. The largest absolute Gasteiger partial charge is 0.355 e. The molecule has 1 atom stereocenters. The van der Waals surface area contributed by atoms with Gasteiger partial charge in [0.25, 0.3) is 0 Å². The SMILES string of the molecule is CCCC1CCN(c2cncc(CNC3CC3)n2)C1. The van der Waals surface area contributed by atoms with Gasteiger partial charge in [-0.05, 0) is 31.6 Å². The average molecular weight is 260 g/mol. The first-order valence-electron chi connectivity index (χ1n) is 7.64. The first-order chi connectivity index (χ1) is 9.35. The van der Waals surface area contributed by atoms with Crippen molar-refractivity contribution in [3.8, 4) is 0 Å². The van der Waals surface area contributed by atoms with Gasteiger partial charge >= 0.3 is 0 Å². The second kappa shape index (κ2) is 5.87. The second-order valence-electron chi connectivity index (χ2n) is 5.91. The summed E-state index contributed by atoms with van der Waals surface area (Å²) in [4.78, 5) is 11.5. The highest BCUT2D eigenvalue weighted by atomic mass is 15.2. The van der Waals surface area contributed by atoms with Crippen LogP contribution in [0.4, 0.5) is 5.82 Å². The predicted octanol–water partition coefficient (Wildman–Crippen LogP) is 2.36. The van der Waals surface area contributed by atoms with Gasteiger partial charge in [0, 0.05) is 31.9 Å². The van der Waals surface area contributed by atoms with E-state index in [0.717, 1.165) is 43.1 Å². The maximum absolute atomic E-state index is 4.75. The van der Waals surface area contributed by atoms with E-state index >= 15 is 0 Å². The van der Waals surface area contributed by atoms with Crippen LogP contribution in [0.15, 0.2) is 12.4 Å². The zero-order valence-electron chi connectivity index (χ0n) is 11.8. The number of rotatable bonds is 6. The molecule has 1 saturated heterocycles. The molecule has 1 saturated carbocycles. The molecule has 1 aromatic rings. The van der Waals surface area contributed by atoms with Crippen LogP contribution in [0.5, 0.6) is 0 Å². The summed E-state index contributed by atoms with van der Waals surface area (Å²) in [5.41, 5.74) is 1.07. The third-order valence-electron chi connectivity index (χ3n) is 4.13. The number of hydrogen-bond donors (Lipinski definition) is 1. The van der Waals surface area contributed by atoms with Crippen LogP contribution in [-0.2, 0) is 6.54 Å². The maximum atomic E-state index is 4.75. The Labute approximate surface area is 115 Å². The highest BCUT2D eigenvalue weighted by molar-refractivity contribution is 5.37. The molecule has 0 amide bonds. The van der Waals surface area contributed by atoms with Gasteiger partial charge in [0.1, 0.15) is 5.82 Å². The minimum Gasteiger partial charge on any atom is -0.355 e. The molecule has 0 bridgehead atoms. The van der Waals surface area contributed by atoms with Gasteiger partial charge in [0.2, 0.25) is 0 Å². The normalized spacial score (nSPS) is 23.0. The minimum atomic E-state index is 0.728. The summed E-state index contributed by atoms with van der Waals surface area (Å²) in [5.74, 6) is 1.91. The lowest BCUT2D eigenvalue weighted by molar-refractivity contribution is 0.529. The smallest absolute Gasteiger partial charge is 0.147 e. The Morgan fingerprint density at radius 3 is 3.00 bits per heavy atom. The molecule has 19 heavy (non-hydrogen) atoms. The molecule has 1 unspecified atom stereocenters. The van der Waals surface area contributed by atoms with E-state index in [2.05, 4.69) is 22.1 Å². The van der Waals surface area contributed by atoms with Crippen molar-refractivity contribution in [2.75, 3.05) is 18.0 Å². The average Bonchev–Trinajstić information content (AvgIpc) is 3.15. The lowest BCUT2D eigenvalue weighted by Gasteiger charge is -2.17. The topological polar surface area (TPSA) is 41.1 Å². The van der Waals surface area contributed by atoms with Crippen molar-refractivity contribution in [2.24, 2.45) is 5.92 Å². The molecule has 4 heteroatoms. The lowest BCUT2D eigenvalue weighted by Crippen LogP contribution is -2.22. The van der Waals surface area contributed by atoms with Crippen molar-refractivity contribution < 1.29 is 0 Å². The summed E-state index contributed by atoms with van der Waals surface area (Å²) in [7, 11) is 0. The van der Waals surface area contributed by atoms with Gasteiger partial charge in [-0.25, -0.2) is 4.98 Å². The van der Waals surface area contributed by atoms with E-state index in [1.165, 1.54) is 32.1 Å². The van der Waals surface area contributed by atoms with Gasteiger partial charge in [-0.2, -0.15) is 0 Å². The molecule has 2 aliphatic rings. The molecule has 4 nitrogen and oxygen atoms in total. The molecular formula is C15H24N4. The Hall–Kier alpha value is -1.16. The van der Waals surface area contributed by atoms with Gasteiger partial charge in [0.05, 0.1) is 11.9 Å². The Balaban J connectivity index is 1.59. The molecule has 1 aliphatic heterocycles. The standard InChI is InChI=1S/C15H24N4/c1-2-3-12-6-7-19(11-12)15-10-16-8-14(18-15)9-17-13-4-5-13/h8,10,12-13,17H,2-7,9,11H2,1H3. The Morgan fingerprint density at radius 1 is 1.32 bits per heavy atom. The molecule has 1 N–H and O–H groups in total. The quantitative estimate of drug-likeness (QED) is 0.852. The molecule has 3 rings (SSSR count). The molecule has 1 aromatic heterocycles. The van der Waals surface area contributed by atoms with Crippen molar-refractivity contribution in [1.29, 1.82) is 0 Å². The molecule has 1 aliphatic carbocycles. The first-order valence-corrected chi connectivity index (χ1v) is 7.64. The van der Waals surface area contributed by atoms with Crippen molar-refractivity contribution >= 4 is 5.82 Å². The van der Waals surface area contributed by atoms with Crippen LogP contribution in [0.25, 0.3) is 0 Å². The Morgan fingerprint density at radius 2 is 2.21 bits per heavy atom. The van der Waals surface area contributed by atoms with E-state index in [0.29, 0.717) is 0 Å². The van der Waals surface area contributed by atoms with Crippen LogP contribution in [0.3, 0.4) is 0 Å². The van der Waals surface area contributed by atoms with E-state index in [-0.39, 0.29) is 0 Å². The van der Waals surface area contributed by atoms with Crippen LogP contribution in [0.2, 0.25) is 0 Å². The van der Waals surface area contributed by atoms with Crippen LogP contribution in [0.1, 0.15) is 44.7 Å². The Bertz CT molecular complexity index is 416. The van der Waals surface area contributed by atoms with Gasteiger partial charge in [0.15, 0.2) is 0 Å². The van der Waals surface area contributed by atoms with Crippen molar-refractivity contribution in [2.45, 2.75) is 51.6 Å². The fraction of sp³-hybridized carbons (Fsp3) is 0.733. The predicted molar refractivity (Wildman–Crippen MR) is 77.1 cm³/mol. The highest BCUT2D eigenvalue weighted by Crippen LogP contribution is 2.25. The van der Waals surface area contributed by atoms with Gasteiger partial charge in [-0.3, -0.25) is 4.98 Å². The van der Waals surface area contributed by atoms with E-state index in [4.69, 9.17) is 4.98 Å². The van der Waals surface area contributed by atoms with Crippen LogP contribution < -0.4 is 10.2 Å². The maximum Gasteiger partial charge on any atom is 0.147 e. The van der Waals surface area contributed by atoms with Gasteiger partial charge in [-0.15, -0.1) is 0 Å². The highest BCUT2D eigenvalue weighted by Gasteiger charge is 2.23. The second-order valence-corrected chi connectivity index (χ2v) is 5.91. The third-order valence-corrected chi connectivity index (χ3v) is 4.13. The molecule has 104 valence electrons. The van der Waals surface area contributed by atoms with Crippen LogP contribution >= 0.6 is 0 Å². The number of anilines is 1. The number of nitrogens with one attached hydrogen (secondary N) is 1. The molecule has 2 heterocycles. The lowest BCUT2D eigenvalue weighted by atomic mass is 10.0. The Kier molecular flexibility index (Phi) is 3.97. The molecule has 0 aromatic carbocycles. The van der Waals surface area contributed by atoms with Gasteiger partial charge in [-0.1, -0.05) is 13.3 Å². The molecule has 0 spiro atoms. The minimum absolute atomic E-state index is 0.728. The van der Waals surface area contributed by atoms with Crippen molar-refractivity contribution in [3.63, 3.8) is 0 Å². The number of aromatic nitrogens is 2. The van der Waals surface area contributed by atoms with Crippen LogP contribution in [0, 0.1) is 5.92 Å². The van der Waals surface area contributed by atoms with Crippen LogP contribution in [-0.4, -0.2) is 29.1 Å². The van der Waals surface area contributed by atoms with E-state index in [9.17, 15) is 0 Å². The third kappa shape index (κ3) is 3.44. The van der Waals surface area contributed by atoms with Gasteiger partial charge < -0.3 is 10.2 Å². The summed E-state index contributed by atoms with van der Waals surface area (Å²) in [6, 6.07) is 0.728. The zero-order valence-corrected chi connectivity index (χ0v) is 11.8. The number of nitrogens with zero attached hydrogens (tertiary/aromatic N) is 3. The summed E-state index contributed by atoms with van der Waals surface area (Å²) >= 11 is 0. The number of hydrogen-bond acceptors (Lipinski definition) is 4. The fourth-order valence-electron chi connectivity index (χ4n) is 2.85. The first kappa shape index (κ1) is 12.9. The van der Waals surface area contributed by atoms with E-state index in [1.54, 1.807) is 0 Å². The summed E-state index contributed by atoms with van der Waals surface area (Å²) in [6.45, 7) is 5.42. The van der Waals surface area contributed by atoms with Crippen molar-refractivity contribution in [1.82, 2.24) is 15.3 Å². The molecule has 0 radical (unpaired) electrons. The zero-order chi connectivity index (χ0) is 13.1. The van der Waals surface area contributed by atoms with E-state index < -0.39 is 0 Å². The summed E-state index contributed by atoms with van der Waals surface area (Å²) in [5, 5.41) is 3.50. The van der Waals surface area contributed by atoms with Crippen molar-refractivity contribution in [3.05, 3.63) is 18.1 Å². The summed E-state index contributed by atoms with van der Waals surface area (Å²) in [6.07, 6.45) is 10.4. The molecular weight excluding hydrogens is 236 g/mol. The van der Waals surface area contributed by atoms with E-state index in [1.807, 2.05) is 12.4 Å². The summed E-state index contributed by atoms with van der Waals surface area (Å²) < 4.78 is 0. The molecule has 2 fully saturated rings. The monoisotopic (exact) mass is 260 g/mol.